The molecular weight excluding hydrogens is 473 g/mol. The molecule has 0 N–H and O–H groups in total. The number of hydrogen-bond acceptors (Lipinski definition) is 2. The van der Waals surface area contributed by atoms with Crippen molar-refractivity contribution in [1.29, 1.82) is 0 Å². The first-order valence-corrected chi connectivity index (χ1v) is 13.5. The van der Waals surface area contributed by atoms with Crippen molar-refractivity contribution in [2.75, 3.05) is 0 Å². The molecule has 4 rings (SSSR count). The van der Waals surface area contributed by atoms with Crippen LogP contribution < -0.4 is 4.74 Å². The Bertz CT molecular complexity index is 1220. The molecule has 1 aliphatic carbocycles. The molecule has 0 aromatic heterocycles. The topological polar surface area (TPSA) is 26.3 Å². The maximum atomic E-state index is 14.5. The monoisotopic (exact) mass is 508 g/mol. The van der Waals surface area contributed by atoms with Crippen molar-refractivity contribution in [2.45, 2.75) is 77.0 Å². The van der Waals surface area contributed by atoms with Crippen molar-refractivity contribution in [2.24, 2.45) is 5.92 Å². The number of carbonyl (C=O) groups excluding carboxylic acids is 1. The number of carbonyl (C=O) groups is 1. The van der Waals surface area contributed by atoms with E-state index in [1.54, 1.807) is 0 Å². The summed E-state index contributed by atoms with van der Waals surface area (Å²) >= 11 is 0. The Morgan fingerprint density at radius 1 is 0.919 bits per heavy atom. The van der Waals surface area contributed by atoms with Crippen LogP contribution in [-0.2, 0) is 0 Å². The second kappa shape index (κ2) is 12.9. The van der Waals surface area contributed by atoms with Crippen molar-refractivity contribution in [3.8, 4) is 5.75 Å². The van der Waals surface area contributed by atoms with Gasteiger partial charge in [-0.25, -0.2) is 9.18 Å². The van der Waals surface area contributed by atoms with E-state index < -0.39 is 17.9 Å². The summed E-state index contributed by atoms with van der Waals surface area (Å²) in [7, 11) is 0. The van der Waals surface area contributed by atoms with Crippen LogP contribution >= 0.6 is 0 Å². The van der Waals surface area contributed by atoms with E-state index in [2.05, 4.69) is 6.92 Å². The number of hydrogen-bond donors (Lipinski definition) is 0. The molecule has 2 nitrogen and oxygen atoms in total. The smallest absolute Gasteiger partial charge is 0.343 e. The van der Waals surface area contributed by atoms with Crippen molar-refractivity contribution >= 4 is 22.8 Å². The van der Waals surface area contributed by atoms with Crippen LogP contribution in [0.1, 0.15) is 98.5 Å². The molecule has 196 valence electrons. The lowest BCUT2D eigenvalue weighted by molar-refractivity contribution is 0.0735. The van der Waals surface area contributed by atoms with Crippen molar-refractivity contribution in [3.63, 3.8) is 0 Å². The van der Waals surface area contributed by atoms with E-state index in [-0.39, 0.29) is 16.7 Å². The Morgan fingerprint density at radius 3 is 2.35 bits per heavy atom. The highest BCUT2D eigenvalue weighted by atomic mass is 19.3. The first-order valence-electron chi connectivity index (χ1n) is 13.5. The Labute approximate surface area is 217 Å². The zero-order valence-corrected chi connectivity index (χ0v) is 21.4. The van der Waals surface area contributed by atoms with Crippen LogP contribution in [0.4, 0.5) is 13.2 Å². The summed E-state index contributed by atoms with van der Waals surface area (Å²) in [6, 6.07) is 14.9. The van der Waals surface area contributed by atoms with E-state index in [1.165, 1.54) is 100 Å². The Hall–Kier alpha value is -3.08. The fourth-order valence-corrected chi connectivity index (χ4v) is 5.46. The summed E-state index contributed by atoms with van der Waals surface area (Å²) in [5, 5.41) is 0.650. The van der Waals surface area contributed by atoms with E-state index in [4.69, 9.17) is 4.74 Å². The normalized spacial score (nSPS) is 17.5. The molecule has 0 bridgehead atoms. The van der Waals surface area contributed by atoms with E-state index in [0.717, 1.165) is 5.92 Å². The average Bonchev–Trinajstić information content (AvgIpc) is 2.90. The summed E-state index contributed by atoms with van der Waals surface area (Å²) in [4.78, 5) is 12.7. The SMILES string of the molecule is CCCCCCCC1CCC(c2ccc(C(=O)Oc3ccc4c(F)c(C=C(F)F)ccc4c3)cc2)CC1. The molecule has 0 radical (unpaired) electrons. The molecule has 5 heteroatoms. The molecule has 37 heavy (non-hydrogen) atoms. The molecule has 1 fully saturated rings. The summed E-state index contributed by atoms with van der Waals surface area (Å²) in [6.45, 7) is 2.25. The lowest BCUT2D eigenvalue weighted by Gasteiger charge is -2.29. The van der Waals surface area contributed by atoms with Gasteiger partial charge in [-0.2, -0.15) is 8.78 Å². The molecule has 0 spiro atoms. The van der Waals surface area contributed by atoms with Gasteiger partial charge in [-0.1, -0.05) is 69.7 Å². The van der Waals surface area contributed by atoms with Crippen LogP contribution in [0.3, 0.4) is 0 Å². The lowest BCUT2D eigenvalue weighted by atomic mass is 9.77. The number of esters is 1. The summed E-state index contributed by atoms with van der Waals surface area (Å²) in [5.41, 5.74) is 1.54. The van der Waals surface area contributed by atoms with Crippen LogP contribution in [0.5, 0.6) is 5.75 Å². The second-order valence-electron chi connectivity index (χ2n) is 10.2. The maximum Gasteiger partial charge on any atom is 0.343 e. The average molecular weight is 509 g/mol. The Kier molecular flexibility index (Phi) is 9.43. The highest BCUT2D eigenvalue weighted by Crippen LogP contribution is 2.38. The van der Waals surface area contributed by atoms with Gasteiger partial charge in [-0.15, -0.1) is 0 Å². The number of halogens is 3. The standard InChI is InChI=1S/C32H35F3O2/c1-2-3-4-5-6-7-22-8-10-23(11-9-22)24-12-14-25(15-13-24)32(36)37-28-18-19-29-26(20-28)16-17-27(31(29)35)21-30(33)34/h12-23H,2-11H2,1H3. The molecule has 0 unspecified atom stereocenters. The first-order chi connectivity index (χ1) is 17.9. The molecule has 0 atom stereocenters. The quantitative estimate of drug-likeness (QED) is 0.155. The van der Waals surface area contributed by atoms with Gasteiger partial charge in [0.2, 0.25) is 0 Å². The third-order valence-corrected chi connectivity index (χ3v) is 7.61. The first kappa shape index (κ1) is 27.0. The van der Waals surface area contributed by atoms with E-state index >= 15 is 0 Å². The van der Waals surface area contributed by atoms with Gasteiger partial charge in [0, 0.05) is 17.0 Å². The van der Waals surface area contributed by atoms with Gasteiger partial charge in [0.05, 0.1) is 5.56 Å². The molecule has 1 saturated carbocycles. The molecule has 3 aromatic carbocycles. The molecule has 0 saturated heterocycles. The Balaban J connectivity index is 1.32. The third kappa shape index (κ3) is 7.24. The highest BCUT2D eigenvalue weighted by molar-refractivity contribution is 5.92. The lowest BCUT2D eigenvalue weighted by Crippen LogP contribution is -2.14. The van der Waals surface area contributed by atoms with Crippen LogP contribution in [-0.4, -0.2) is 5.97 Å². The number of fused-ring (bicyclic) bond motifs is 1. The second-order valence-corrected chi connectivity index (χ2v) is 10.2. The molecule has 0 heterocycles. The van der Waals surface area contributed by atoms with Gasteiger partial charge >= 0.3 is 5.97 Å². The van der Waals surface area contributed by atoms with Crippen molar-refractivity contribution in [3.05, 3.63) is 83.2 Å². The predicted molar refractivity (Wildman–Crippen MR) is 144 cm³/mol. The number of benzene rings is 3. The summed E-state index contributed by atoms with van der Waals surface area (Å²) < 4.78 is 45.1. The molecular formula is C32H35F3O2. The van der Waals surface area contributed by atoms with Gasteiger partial charge in [-0.05, 0) is 78.8 Å². The van der Waals surface area contributed by atoms with E-state index in [1.807, 2.05) is 24.3 Å². The van der Waals surface area contributed by atoms with Crippen LogP contribution in [0.15, 0.2) is 60.7 Å². The molecule has 3 aromatic rings. The number of ether oxygens (including phenoxy) is 1. The summed E-state index contributed by atoms with van der Waals surface area (Å²) in [6.07, 6.45) is 11.6. The minimum atomic E-state index is -1.96. The van der Waals surface area contributed by atoms with Crippen molar-refractivity contribution < 1.29 is 22.7 Å². The largest absolute Gasteiger partial charge is 0.423 e. The summed E-state index contributed by atoms with van der Waals surface area (Å²) in [5.74, 6) is 0.448. The van der Waals surface area contributed by atoms with Crippen LogP contribution in [0.2, 0.25) is 0 Å². The predicted octanol–water partition coefficient (Wildman–Crippen LogP) is 10.1. The maximum absolute atomic E-state index is 14.5. The fourth-order valence-electron chi connectivity index (χ4n) is 5.46. The molecule has 0 amide bonds. The fraction of sp³-hybridized carbons (Fsp3) is 0.406. The third-order valence-electron chi connectivity index (χ3n) is 7.61. The van der Waals surface area contributed by atoms with Crippen LogP contribution in [0.25, 0.3) is 16.8 Å². The molecule has 0 aliphatic heterocycles. The van der Waals surface area contributed by atoms with E-state index in [0.29, 0.717) is 22.9 Å². The van der Waals surface area contributed by atoms with Crippen LogP contribution in [0, 0.1) is 11.7 Å². The zero-order chi connectivity index (χ0) is 26.2. The molecule has 1 aliphatic rings. The van der Waals surface area contributed by atoms with Gasteiger partial charge in [-0.3, -0.25) is 0 Å². The zero-order valence-electron chi connectivity index (χ0n) is 21.4. The minimum Gasteiger partial charge on any atom is -0.423 e. The van der Waals surface area contributed by atoms with Crippen molar-refractivity contribution in [1.82, 2.24) is 0 Å². The van der Waals surface area contributed by atoms with Gasteiger partial charge in [0.15, 0.2) is 0 Å². The van der Waals surface area contributed by atoms with Gasteiger partial charge < -0.3 is 4.74 Å². The van der Waals surface area contributed by atoms with Gasteiger partial charge in [0.1, 0.15) is 11.6 Å². The van der Waals surface area contributed by atoms with E-state index in [9.17, 15) is 18.0 Å². The number of rotatable bonds is 10. The highest BCUT2D eigenvalue weighted by Gasteiger charge is 2.22. The minimum absolute atomic E-state index is 0.186. The van der Waals surface area contributed by atoms with Gasteiger partial charge in [0.25, 0.3) is 6.08 Å². The number of unbranched alkanes of at least 4 members (excludes halogenated alkanes) is 4. The Morgan fingerprint density at radius 2 is 1.65 bits per heavy atom.